The second kappa shape index (κ2) is 8.17. The third kappa shape index (κ3) is 3.93. The first-order chi connectivity index (χ1) is 14.0. The molecule has 0 aliphatic carbocycles. The molecule has 3 aromatic rings. The highest BCUT2D eigenvalue weighted by molar-refractivity contribution is 6.35. The summed E-state index contributed by atoms with van der Waals surface area (Å²) in [7, 11) is 0. The molecule has 5 nitrogen and oxygen atoms in total. The topological polar surface area (TPSA) is 66.1 Å². The lowest BCUT2D eigenvalue weighted by Gasteiger charge is -2.20. The molecule has 1 aromatic carbocycles. The Labute approximate surface area is 172 Å². The van der Waals surface area contributed by atoms with Crippen molar-refractivity contribution >= 4 is 28.9 Å². The zero-order valence-electron chi connectivity index (χ0n) is 15.6. The number of nitrogens with zero attached hydrogens (tertiary/aromatic N) is 2. The average Bonchev–Trinajstić information content (AvgIpc) is 3.40. The molecule has 1 fully saturated rings. The van der Waals surface area contributed by atoms with Crippen molar-refractivity contribution in [2.75, 3.05) is 18.0 Å². The Hall–Kier alpha value is -2.99. The second-order valence-corrected chi connectivity index (χ2v) is 7.43. The summed E-state index contributed by atoms with van der Waals surface area (Å²) in [6, 6.07) is 7.45. The molecule has 3 heterocycles. The van der Waals surface area contributed by atoms with E-state index in [0.29, 0.717) is 0 Å². The summed E-state index contributed by atoms with van der Waals surface area (Å²) in [5, 5.41) is 0.0368. The van der Waals surface area contributed by atoms with E-state index in [2.05, 4.69) is 14.9 Å². The molecule has 0 unspecified atom stereocenters. The zero-order valence-corrected chi connectivity index (χ0v) is 16.4. The first-order valence-electron chi connectivity index (χ1n) is 9.43. The van der Waals surface area contributed by atoms with E-state index in [4.69, 9.17) is 11.6 Å². The fraction of sp³-hybridized carbons (Fsp3) is 0.227. The van der Waals surface area contributed by atoms with E-state index in [0.717, 1.165) is 37.2 Å². The van der Waals surface area contributed by atoms with Gasteiger partial charge in [-0.25, -0.2) is 4.39 Å². The number of halogens is 2. The Bertz CT molecular complexity index is 1050. The van der Waals surface area contributed by atoms with E-state index in [9.17, 15) is 14.0 Å². The van der Waals surface area contributed by atoms with Crippen molar-refractivity contribution in [2.24, 2.45) is 0 Å². The number of aromatic nitrogens is 2. The lowest BCUT2D eigenvalue weighted by Crippen LogP contribution is -2.20. The molecule has 7 heteroatoms. The maximum Gasteiger partial charge on any atom is 0.199 e. The molecule has 0 saturated carbocycles. The number of carbonyl (C=O) groups is 2. The van der Waals surface area contributed by atoms with Crippen LogP contribution in [0.3, 0.4) is 0 Å². The molecular weight excluding hydrogens is 393 g/mol. The van der Waals surface area contributed by atoms with Gasteiger partial charge in [-0.05, 0) is 37.1 Å². The van der Waals surface area contributed by atoms with Gasteiger partial charge in [-0.1, -0.05) is 17.7 Å². The van der Waals surface area contributed by atoms with E-state index < -0.39 is 11.6 Å². The van der Waals surface area contributed by atoms with Crippen LogP contribution in [0.25, 0.3) is 0 Å². The largest absolute Gasteiger partial charge is 0.371 e. The van der Waals surface area contributed by atoms with E-state index in [-0.39, 0.29) is 34.0 Å². The third-order valence-corrected chi connectivity index (χ3v) is 5.43. The molecule has 0 atom stereocenters. The van der Waals surface area contributed by atoms with Gasteiger partial charge in [0.2, 0.25) is 0 Å². The molecule has 0 spiro atoms. The van der Waals surface area contributed by atoms with Crippen LogP contribution in [0.2, 0.25) is 5.02 Å². The number of hydrogen-bond acceptors (Lipinski definition) is 4. The summed E-state index contributed by atoms with van der Waals surface area (Å²) >= 11 is 5.98. The lowest BCUT2D eigenvalue weighted by molar-refractivity contribution is 0.0988. The third-order valence-electron chi connectivity index (χ3n) is 5.11. The number of nitrogens with one attached hydrogen (secondary N) is 1. The summed E-state index contributed by atoms with van der Waals surface area (Å²) < 4.78 is 14.0. The predicted molar refractivity (Wildman–Crippen MR) is 109 cm³/mol. The maximum absolute atomic E-state index is 14.0. The first kappa shape index (κ1) is 19.3. The Balaban J connectivity index is 1.55. The number of anilines is 1. The minimum absolute atomic E-state index is 0.0368. The zero-order chi connectivity index (χ0) is 20.4. The van der Waals surface area contributed by atoms with Crippen molar-refractivity contribution in [2.45, 2.75) is 19.3 Å². The van der Waals surface area contributed by atoms with Gasteiger partial charge in [0.15, 0.2) is 11.6 Å². The smallest absolute Gasteiger partial charge is 0.199 e. The average molecular weight is 412 g/mol. The summed E-state index contributed by atoms with van der Waals surface area (Å²) in [5.41, 5.74) is 2.14. The molecule has 1 N–H and O–H groups in total. The molecule has 2 aromatic heterocycles. The summed E-state index contributed by atoms with van der Waals surface area (Å²) in [5.74, 6) is -1.43. The fourth-order valence-corrected chi connectivity index (χ4v) is 3.89. The number of Topliss-reactive ketones (excluding diaryl/α,β-unsaturated/α-hetero) is 1. The van der Waals surface area contributed by atoms with Crippen molar-refractivity contribution < 1.29 is 14.0 Å². The van der Waals surface area contributed by atoms with Gasteiger partial charge in [-0.2, -0.15) is 0 Å². The van der Waals surface area contributed by atoms with E-state index in [1.165, 1.54) is 30.5 Å². The van der Waals surface area contributed by atoms with Gasteiger partial charge in [0.25, 0.3) is 0 Å². The normalized spacial score (nSPS) is 13.7. The minimum Gasteiger partial charge on any atom is -0.371 e. The number of ketones is 2. The van der Waals surface area contributed by atoms with Crippen molar-refractivity contribution in [1.82, 2.24) is 9.97 Å². The molecule has 1 saturated heterocycles. The van der Waals surface area contributed by atoms with Crippen LogP contribution >= 0.6 is 11.6 Å². The fourth-order valence-electron chi connectivity index (χ4n) is 3.64. The minimum atomic E-state index is -0.692. The molecule has 29 heavy (non-hydrogen) atoms. The number of aromatic amines is 1. The highest BCUT2D eigenvalue weighted by Crippen LogP contribution is 2.26. The summed E-state index contributed by atoms with van der Waals surface area (Å²) in [6.07, 6.45) is 7.27. The number of H-pyrrole nitrogens is 1. The van der Waals surface area contributed by atoms with Crippen LogP contribution in [0.4, 0.5) is 10.1 Å². The second-order valence-electron chi connectivity index (χ2n) is 7.03. The molecule has 4 rings (SSSR count). The highest BCUT2D eigenvalue weighted by atomic mass is 35.5. The standard InChI is InChI=1S/C22H19ClFN3O2/c23-16-4-3-5-17(24)21(16)22(29)15-10-18(26-13-15)20(28)11-14-12-25-7-6-19(14)27-8-1-2-9-27/h3-7,10,12-13,26H,1-2,8-9,11H2. The quantitative estimate of drug-likeness (QED) is 0.608. The van der Waals surface area contributed by atoms with Crippen LogP contribution in [0.1, 0.15) is 44.8 Å². The van der Waals surface area contributed by atoms with Crippen LogP contribution in [-0.2, 0) is 6.42 Å². The van der Waals surface area contributed by atoms with Crippen LogP contribution in [0, 0.1) is 5.82 Å². The highest BCUT2D eigenvalue weighted by Gasteiger charge is 2.22. The van der Waals surface area contributed by atoms with Crippen molar-refractivity contribution in [1.29, 1.82) is 0 Å². The Morgan fingerprint density at radius 1 is 1.21 bits per heavy atom. The van der Waals surface area contributed by atoms with Gasteiger partial charge in [0, 0.05) is 54.9 Å². The van der Waals surface area contributed by atoms with Crippen LogP contribution in [-0.4, -0.2) is 34.6 Å². The summed E-state index contributed by atoms with van der Waals surface area (Å²) in [4.78, 5) is 34.7. The van der Waals surface area contributed by atoms with Gasteiger partial charge in [-0.15, -0.1) is 0 Å². The van der Waals surface area contributed by atoms with Gasteiger partial charge >= 0.3 is 0 Å². The monoisotopic (exact) mass is 411 g/mol. The van der Waals surface area contributed by atoms with E-state index in [1.54, 1.807) is 12.4 Å². The Morgan fingerprint density at radius 2 is 2.00 bits per heavy atom. The van der Waals surface area contributed by atoms with Crippen molar-refractivity contribution in [3.8, 4) is 0 Å². The van der Waals surface area contributed by atoms with Gasteiger partial charge < -0.3 is 9.88 Å². The molecule has 0 bridgehead atoms. The predicted octanol–water partition coefficient (Wildman–Crippen LogP) is 4.46. The number of hydrogen-bond donors (Lipinski definition) is 1. The molecule has 0 amide bonds. The SMILES string of the molecule is O=C(Cc1cnccc1N1CCCC1)c1cc(C(=O)c2c(F)cccc2Cl)c[nH]1. The lowest BCUT2D eigenvalue weighted by atomic mass is 10.0. The first-order valence-corrected chi connectivity index (χ1v) is 9.80. The van der Waals surface area contributed by atoms with E-state index in [1.807, 2.05) is 6.07 Å². The molecule has 1 aliphatic heterocycles. The molecule has 0 radical (unpaired) electrons. The number of pyridine rings is 1. The summed E-state index contributed by atoms with van der Waals surface area (Å²) in [6.45, 7) is 1.94. The van der Waals surface area contributed by atoms with Crippen LogP contribution < -0.4 is 4.90 Å². The molecular formula is C22H19ClFN3O2. The Kier molecular flexibility index (Phi) is 5.45. The maximum atomic E-state index is 14.0. The molecule has 1 aliphatic rings. The van der Waals surface area contributed by atoms with Crippen molar-refractivity contribution in [3.63, 3.8) is 0 Å². The number of rotatable bonds is 6. The number of carbonyl (C=O) groups excluding carboxylic acids is 2. The Morgan fingerprint density at radius 3 is 2.76 bits per heavy atom. The van der Waals surface area contributed by atoms with Crippen LogP contribution in [0.5, 0.6) is 0 Å². The van der Waals surface area contributed by atoms with Gasteiger partial charge in [0.05, 0.1) is 16.3 Å². The van der Waals surface area contributed by atoms with E-state index >= 15 is 0 Å². The van der Waals surface area contributed by atoms with Crippen molar-refractivity contribution in [3.05, 3.63) is 82.1 Å². The molecule has 148 valence electrons. The van der Waals surface area contributed by atoms with Gasteiger partial charge in [0.1, 0.15) is 5.82 Å². The van der Waals surface area contributed by atoms with Crippen LogP contribution in [0.15, 0.2) is 48.9 Å². The van der Waals surface area contributed by atoms with Gasteiger partial charge in [-0.3, -0.25) is 14.6 Å². The number of benzene rings is 1.